The molecule has 0 saturated carbocycles. The summed E-state index contributed by atoms with van der Waals surface area (Å²) in [6.45, 7) is 1.16. The quantitative estimate of drug-likeness (QED) is 0.764. The summed E-state index contributed by atoms with van der Waals surface area (Å²) in [6, 6.07) is 7.02. The van der Waals surface area contributed by atoms with Crippen molar-refractivity contribution in [3.63, 3.8) is 0 Å². The molecule has 1 atom stereocenters. The van der Waals surface area contributed by atoms with Gasteiger partial charge in [-0.25, -0.2) is 0 Å². The Kier molecular flexibility index (Phi) is 3.26. The van der Waals surface area contributed by atoms with Crippen molar-refractivity contribution in [3.05, 3.63) is 31.8 Å². The molecule has 0 bridgehead atoms. The number of benzene rings is 1. The normalized spacial score (nSPS) is 22.2. The fourth-order valence-electron chi connectivity index (χ4n) is 1.74. The first-order valence-corrected chi connectivity index (χ1v) is 6.33. The van der Waals surface area contributed by atoms with Crippen molar-refractivity contribution in [1.29, 1.82) is 0 Å². The summed E-state index contributed by atoms with van der Waals surface area (Å²) in [5.41, 5.74) is 1.41. The van der Waals surface area contributed by atoms with Gasteiger partial charge in [0.25, 0.3) is 0 Å². The molecule has 1 N–H and O–H groups in total. The highest BCUT2D eigenvalue weighted by molar-refractivity contribution is 14.1. The van der Waals surface area contributed by atoms with Crippen molar-refractivity contribution in [2.75, 3.05) is 6.54 Å². The van der Waals surface area contributed by atoms with Gasteiger partial charge in [-0.2, -0.15) is 0 Å². The summed E-state index contributed by atoms with van der Waals surface area (Å²) in [6.07, 6.45) is 2.56. The molecule has 0 aliphatic carbocycles. The Hall–Kier alpha value is 0.390. The minimum Gasteiger partial charge on any atom is -0.310 e. The van der Waals surface area contributed by atoms with Crippen molar-refractivity contribution in [2.45, 2.75) is 18.9 Å². The van der Waals surface area contributed by atoms with Crippen molar-refractivity contribution >= 4 is 38.5 Å². The summed E-state index contributed by atoms with van der Waals surface area (Å²) < 4.78 is 2.55. The zero-order valence-corrected chi connectivity index (χ0v) is 10.9. The van der Waals surface area contributed by atoms with Crippen LogP contribution in [-0.2, 0) is 0 Å². The molecule has 1 nitrogen and oxygen atoms in total. The number of halogens is 2. The van der Waals surface area contributed by atoms with E-state index < -0.39 is 0 Å². The molecule has 1 fully saturated rings. The van der Waals surface area contributed by atoms with E-state index in [4.69, 9.17) is 0 Å². The largest absolute Gasteiger partial charge is 0.310 e. The Morgan fingerprint density at radius 2 is 2.31 bits per heavy atom. The average Bonchev–Trinajstić information content (AvgIpc) is 2.62. The molecule has 1 saturated heterocycles. The molecule has 0 amide bonds. The topological polar surface area (TPSA) is 12.0 Å². The van der Waals surface area contributed by atoms with Gasteiger partial charge in [0, 0.05) is 14.1 Å². The second kappa shape index (κ2) is 4.28. The summed E-state index contributed by atoms with van der Waals surface area (Å²) >= 11 is 6.00. The van der Waals surface area contributed by atoms with Gasteiger partial charge in [-0.3, -0.25) is 0 Å². The zero-order valence-electron chi connectivity index (χ0n) is 7.19. The fourth-order valence-corrected chi connectivity index (χ4v) is 2.80. The van der Waals surface area contributed by atoms with Crippen LogP contribution in [0.5, 0.6) is 0 Å². The van der Waals surface area contributed by atoms with Crippen LogP contribution >= 0.6 is 38.5 Å². The first-order valence-electron chi connectivity index (χ1n) is 4.46. The minimum atomic E-state index is 0.559. The van der Waals surface area contributed by atoms with E-state index in [1.54, 1.807) is 0 Å². The Morgan fingerprint density at radius 1 is 1.46 bits per heavy atom. The number of nitrogens with one attached hydrogen (secondary N) is 1. The van der Waals surface area contributed by atoms with Crippen LogP contribution in [0.25, 0.3) is 0 Å². The van der Waals surface area contributed by atoms with Crippen molar-refractivity contribution in [2.24, 2.45) is 0 Å². The van der Waals surface area contributed by atoms with Crippen LogP contribution < -0.4 is 5.32 Å². The average molecular weight is 352 g/mol. The molecule has 13 heavy (non-hydrogen) atoms. The SMILES string of the molecule is Brc1c(I)cccc1C1CCCN1. The molecule has 2 rings (SSSR count). The highest BCUT2D eigenvalue weighted by Crippen LogP contribution is 2.32. The smallest absolute Gasteiger partial charge is 0.0356 e. The monoisotopic (exact) mass is 351 g/mol. The van der Waals surface area contributed by atoms with Crippen LogP contribution in [0.15, 0.2) is 22.7 Å². The van der Waals surface area contributed by atoms with E-state index in [1.807, 2.05) is 0 Å². The zero-order chi connectivity index (χ0) is 9.26. The number of hydrogen-bond donors (Lipinski definition) is 1. The lowest BCUT2D eigenvalue weighted by atomic mass is 10.1. The van der Waals surface area contributed by atoms with E-state index in [9.17, 15) is 0 Å². The molecular weight excluding hydrogens is 341 g/mol. The van der Waals surface area contributed by atoms with Crippen LogP contribution in [0.1, 0.15) is 24.4 Å². The maximum atomic E-state index is 3.64. The number of hydrogen-bond acceptors (Lipinski definition) is 1. The van der Waals surface area contributed by atoms with Crippen molar-refractivity contribution in [3.8, 4) is 0 Å². The third kappa shape index (κ3) is 2.07. The van der Waals surface area contributed by atoms with E-state index in [-0.39, 0.29) is 0 Å². The predicted octanol–water partition coefficient (Wildman–Crippen LogP) is 3.48. The Bertz CT molecular complexity index is 308. The lowest BCUT2D eigenvalue weighted by Gasteiger charge is -2.13. The molecule has 1 aromatic rings. The van der Waals surface area contributed by atoms with Crippen molar-refractivity contribution < 1.29 is 0 Å². The molecular formula is C10H11BrIN. The number of rotatable bonds is 1. The van der Waals surface area contributed by atoms with E-state index in [1.165, 1.54) is 26.4 Å². The van der Waals surface area contributed by atoms with Gasteiger partial charge in [0.1, 0.15) is 0 Å². The van der Waals surface area contributed by atoms with Gasteiger partial charge in [0.05, 0.1) is 0 Å². The van der Waals surface area contributed by atoms with Crippen LogP contribution in [-0.4, -0.2) is 6.54 Å². The second-order valence-electron chi connectivity index (χ2n) is 3.29. The molecule has 0 aromatic heterocycles. The lowest BCUT2D eigenvalue weighted by Crippen LogP contribution is -2.13. The Morgan fingerprint density at radius 3 is 3.00 bits per heavy atom. The van der Waals surface area contributed by atoms with E-state index in [0.717, 1.165) is 6.54 Å². The lowest BCUT2D eigenvalue weighted by molar-refractivity contribution is 0.644. The van der Waals surface area contributed by atoms with Gasteiger partial charge in [-0.05, 0) is 69.5 Å². The fraction of sp³-hybridized carbons (Fsp3) is 0.400. The summed E-state index contributed by atoms with van der Waals surface area (Å²) in [7, 11) is 0. The maximum absolute atomic E-state index is 3.64. The molecule has 1 aromatic carbocycles. The molecule has 0 spiro atoms. The first-order chi connectivity index (χ1) is 6.29. The van der Waals surface area contributed by atoms with Gasteiger partial charge in [-0.1, -0.05) is 12.1 Å². The van der Waals surface area contributed by atoms with Crippen LogP contribution in [0.4, 0.5) is 0 Å². The summed E-state index contributed by atoms with van der Waals surface area (Å²) in [4.78, 5) is 0. The molecule has 3 heteroatoms. The molecule has 70 valence electrons. The second-order valence-corrected chi connectivity index (χ2v) is 5.25. The van der Waals surface area contributed by atoms with Crippen molar-refractivity contribution in [1.82, 2.24) is 5.32 Å². The first kappa shape index (κ1) is 9.93. The highest BCUT2D eigenvalue weighted by Gasteiger charge is 2.18. The molecule has 1 unspecified atom stereocenters. The molecule has 1 aliphatic heterocycles. The van der Waals surface area contributed by atoms with E-state index in [0.29, 0.717) is 6.04 Å². The standard InChI is InChI=1S/C10H11BrIN/c11-10-7(3-1-4-8(10)12)9-5-2-6-13-9/h1,3-4,9,13H,2,5-6H2. The molecule has 1 aliphatic rings. The summed E-state index contributed by atoms with van der Waals surface area (Å²) in [5.74, 6) is 0. The van der Waals surface area contributed by atoms with E-state index in [2.05, 4.69) is 62.0 Å². The van der Waals surface area contributed by atoms with E-state index >= 15 is 0 Å². The third-order valence-corrected chi connectivity index (χ3v) is 4.94. The predicted molar refractivity (Wildman–Crippen MR) is 66.8 cm³/mol. The van der Waals surface area contributed by atoms with Gasteiger partial charge >= 0.3 is 0 Å². The van der Waals surface area contributed by atoms with Crippen LogP contribution in [0, 0.1) is 3.57 Å². The maximum Gasteiger partial charge on any atom is 0.0356 e. The highest BCUT2D eigenvalue weighted by atomic mass is 127. The summed E-state index contributed by atoms with van der Waals surface area (Å²) in [5, 5.41) is 3.51. The molecule has 1 heterocycles. The van der Waals surface area contributed by atoms with Gasteiger partial charge in [-0.15, -0.1) is 0 Å². The van der Waals surface area contributed by atoms with Crippen LogP contribution in [0.2, 0.25) is 0 Å². The Balaban J connectivity index is 2.33. The molecule has 0 radical (unpaired) electrons. The minimum absolute atomic E-state index is 0.559. The van der Waals surface area contributed by atoms with Gasteiger partial charge in [0.15, 0.2) is 0 Å². The third-order valence-electron chi connectivity index (χ3n) is 2.42. The van der Waals surface area contributed by atoms with Gasteiger partial charge in [0.2, 0.25) is 0 Å². The Labute approximate surface area is 101 Å². The van der Waals surface area contributed by atoms with Crippen LogP contribution in [0.3, 0.4) is 0 Å². The van der Waals surface area contributed by atoms with Gasteiger partial charge < -0.3 is 5.32 Å².